The third-order valence-corrected chi connectivity index (χ3v) is 4.50. The first-order valence-electron chi connectivity index (χ1n) is 6.68. The van der Waals surface area contributed by atoms with Crippen LogP contribution in [0.4, 0.5) is 5.00 Å². The Morgan fingerprint density at radius 3 is 2.35 bits per heavy atom. The first-order chi connectivity index (χ1) is 9.81. The quantitative estimate of drug-likeness (QED) is 0.760. The molecule has 3 rings (SSSR count). The molecule has 0 fully saturated rings. The lowest BCUT2D eigenvalue weighted by Gasteiger charge is -2.06. The van der Waals surface area contributed by atoms with E-state index >= 15 is 0 Å². The van der Waals surface area contributed by atoms with Gasteiger partial charge < -0.3 is 5.73 Å². The average molecular weight is 280 g/mol. The van der Waals surface area contributed by atoms with Gasteiger partial charge in [0.1, 0.15) is 0 Å². The van der Waals surface area contributed by atoms with Gasteiger partial charge >= 0.3 is 0 Å². The fourth-order valence-corrected chi connectivity index (χ4v) is 3.67. The third kappa shape index (κ3) is 2.21. The Morgan fingerprint density at radius 1 is 1.00 bits per heavy atom. The van der Waals surface area contributed by atoms with Crippen LogP contribution in [0.5, 0.6) is 0 Å². The lowest BCUT2D eigenvalue weighted by Crippen LogP contribution is -1.89. The highest BCUT2D eigenvalue weighted by atomic mass is 32.1. The van der Waals surface area contributed by atoms with Gasteiger partial charge in [0.2, 0.25) is 0 Å². The van der Waals surface area contributed by atoms with Gasteiger partial charge in [0.15, 0.2) is 0 Å². The molecule has 2 nitrogen and oxygen atoms in total. The number of hydrogen-bond donors (Lipinski definition) is 1. The standard InChI is InChI=1S/C17H16N2S/c1-2-14-15(12-6-4-3-5-7-12)17(18)20-16(14)13-8-10-19-11-9-13/h3-11H,2,18H2,1H3. The summed E-state index contributed by atoms with van der Waals surface area (Å²) in [5.74, 6) is 0. The van der Waals surface area contributed by atoms with E-state index in [4.69, 9.17) is 5.73 Å². The molecule has 3 heteroatoms. The van der Waals surface area contributed by atoms with Gasteiger partial charge in [-0.3, -0.25) is 4.98 Å². The van der Waals surface area contributed by atoms with E-state index in [1.165, 1.54) is 27.1 Å². The van der Waals surface area contributed by atoms with E-state index in [1.807, 2.05) is 30.6 Å². The minimum absolute atomic E-state index is 0.889. The Hall–Kier alpha value is -2.13. The fraction of sp³-hybridized carbons (Fsp3) is 0.118. The molecule has 0 saturated carbocycles. The van der Waals surface area contributed by atoms with Gasteiger partial charge in [-0.15, -0.1) is 11.3 Å². The Labute approximate surface area is 122 Å². The van der Waals surface area contributed by atoms with Crippen LogP contribution in [0, 0.1) is 0 Å². The van der Waals surface area contributed by atoms with E-state index in [0.717, 1.165) is 11.4 Å². The number of nitrogens with two attached hydrogens (primary N) is 1. The summed E-state index contributed by atoms with van der Waals surface area (Å²) in [5.41, 5.74) is 11.2. The normalized spacial score (nSPS) is 10.7. The molecule has 100 valence electrons. The summed E-state index contributed by atoms with van der Waals surface area (Å²) in [4.78, 5) is 5.34. The highest BCUT2D eigenvalue weighted by molar-refractivity contribution is 7.20. The van der Waals surface area contributed by atoms with Gasteiger partial charge in [-0.1, -0.05) is 37.3 Å². The number of hydrogen-bond acceptors (Lipinski definition) is 3. The van der Waals surface area contributed by atoms with Crippen molar-refractivity contribution in [2.24, 2.45) is 0 Å². The fourth-order valence-electron chi connectivity index (χ4n) is 2.48. The zero-order chi connectivity index (χ0) is 13.9. The molecule has 0 aliphatic carbocycles. The number of nitrogen functional groups attached to an aromatic ring is 1. The van der Waals surface area contributed by atoms with Crippen LogP contribution in [0.3, 0.4) is 0 Å². The molecular weight excluding hydrogens is 264 g/mol. The van der Waals surface area contributed by atoms with E-state index in [0.29, 0.717) is 0 Å². The zero-order valence-electron chi connectivity index (χ0n) is 11.3. The van der Waals surface area contributed by atoms with Gasteiger partial charge in [0.05, 0.1) is 5.00 Å². The summed E-state index contributed by atoms with van der Waals surface area (Å²) in [6.07, 6.45) is 4.62. The lowest BCUT2D eigenvalue weighted by atomic mass is 9.98. The molecule has 0 bridgehead atoms. The molecule has 0 aliphatic heterocycles. The van der Waals surface area contributed by atoms with Crippen LogP contribution in [0.25, 0.3) is 21.6 Å². The molecule has 0 amide bonds. The van der Waals surface area contributed by atoms with Crippen LogP contribution >= 0.6 is 11.3 Å². The van der Waals surface area contributed by atoms with E-state index in [-0.39, 0.29) is 0 Å². The van der Waals surface area contributed by atoms with Gasteiger partial charge in [0.25, 0.3) is 0 Å². The number of nitrogens with zero attached hydrogens (tertiary/aromatic N) is 1. The maximum absolute atomic E-state index is 6.29. The van der Waals surface area contributed by atoms with Crippen LogP contribution in [0.2, 0.25) is 0 Å². The second kappa shape index (κ2) is 5.47. The number of thiophene rings is 1. The minimum Gasteiger partial charge on any atom is -0.390 e. The van der Waals surface area contributed by atoms with E-state index in [2.05, 4.69) is 36.2 Å². The van der Waals surface area contributed by atoms with Gasteiger partial charge in [-0.05, 0) is 35.2 Å². The summed E-state index contributed by atoms with van der Waals surface area (Å²) in [5, 5.41) is 0.889. The van der Waals surface area contributed by atoms with Crippen LogP contribution in [-0.4, -0.2) is 4.98 Å². The molecule has 3 aromatic rings. The number of rotatable bonds is 3. The second-order valence-corrected chi connectivity index (χ2v) is 5.66. The highest BCUT2D eigenvalue weighted by Crippen LogP contribution is 2.44. The molecule has 20 heavy (non-hydrogen) atoms. The van der Waals surface area contributed by atoms with Crippen molar-refractivity contribution in [2.75, 3.05) is 5.73 Å². The summed E-state index contributed by atoms with van der Waals surface area (Å²) in [6.45, 7) is 2.18. The predicted octanol–water partition coefficient (Wildman–Crippen LogP) is 4.62. The average Bonchev–Trinajstić information content (AvgIpc) is 2.85. The summed E-state index contributed by atoms with van der Waals surface area (Å²) in [7, 11) is 0. The number of pyridine rings is 1. The van der Waals surface area contributed by atoms with Crippen molar-refractivity contribution < 1.29 is 0 Å². The van der Waals surface area contributed by atoms with E-state index in [1.54, 1.807) is 11.3 Å². The second-order valence-electron chi connectivity index (χ2n) is 4.60. The van der Waals surface area contributed by atoms with Crippen LogP contribution < -0.4 is 5.73 Å². The van der Waals surface area contributed by atoms with E-state index in [9.17, 15) is 0 Å². The number of aromatic nitrogens is 1. The molecule has 0 radical (unpaired) electrons. The molecule has 0 spiro atoms. The zero-order valence-corrected chi connectivity index (χ0v) is 12.2. The highest BCUT2D eigenvalue weighted by Gasteiger charge is 2.17. The van der Waals surface area contributed by atoms with Crippen molar-refractivity contribution in [1.29, 1.82) is 0 Å². The molecule has 0 saturated heterocycles. The maximum Gasteiger partial charge on any atom is 0.0945 e. The molecule has 0 atom stereocenters. The predicted molar refractivity (Wildman–Crippen MR) is 86.8 cm³/mol. The van der Waals surface area contributed by atoms with Crippen molar-refractivity contribution in [2.45, 2.75) is 13.3 Å². The maximum atomic E-state index is 6.29. The molecule has 0 aliphatic rings. The molecule has 1 aromatic carbocycles. The smallest absolute Gasteiger partial charge is 0.0945 e. The molecule has 2 aromatic heterocycles. The SMILES string of the molecule is CCc1c(-c2ccncc2)sc(N)c1-c1ccccc1. The lowest BCUT2D eigenvalue weighted by molar-refractivity contribution is 1.16. The van der Waals surface area contributed by atoms with E-state index < -0.39 is 0 Å². The Balaban J connectivity index is 2.21. The Bertz CT molecular complexity index is 703. The molecular formula is C17H16N2S. The first-order valence-corrected chi connectivity index (χ1v) is 7.50. The molecule has 2 heterocycles. The topological polar surface area (TPSA) is 38.9 Å². The van der Waals surface area contributed by atoms with Crippen molar-refractivity contribution in [1.82, 2.24) is 4.98 Å². The monoisotopic (exact) mass is 280 g/mol. The van der Waals surface area contributed by atoms with Crippen molar-refractivity contribution in [3.63, 3.8) is 0 Å². The van der Waals surface area contributed by atoms with Crippen molar-refractivity contribution >= 4 is 16.3 Å². The van der Waals surface area contributed by atoms with Crippen LogP contribution in [0.1, 0.15) is 12.5 Å². The minimum atomic E-state index is 0.889. The van der Waals surface area contributed by atoms with Crippen molar-refractivity contribution in [3.8, 4) is 21.6 Å². The number of anilines is 1. The molecule has 0 unspecified atom stereocenters. The van der Waals surface area contributed by atoms with Crippen LogP contribution in [0.15, 0.2) is 54.9 Å². The largest absolute Gasteiger partial charge is 0.390 e. The Morgan fingerprint density at radius 2 is 1.70 bits per heavy atom. The number of benzene rings is 1. The molecule has 2 N–H and O–H groups in total. The first kappa shape index (κ1) is 12.9. The third-order valence-electron chi connectivity index (χ3n) is 3.39. The summed E-state index contributed by atoms with van der Waals surface area (Å²) in [6, 6.07) is 14.5. The van der Waals surface area contributed by atoms with Gasteiger partial charge in [-0.2, -0.15) is 0 Å². The van der Waals surface area contributed by atoms with Crippen molar-refractivity contribution in [3.05, 3.63) is 60.4 Å². The van der Waals surface area contributed by atoms with Crippen LogP contribution in [-0.2, 0) is 6.42 Å². The Kier molecular flexibility index (Phi) is 3.52. The van der Waals surface area contributed by atoms with Gasteiger partial charge in [0, 0.05) is 22.8 Å². The summed E-state index contributed by atoms with van der Waals surface area (Å²) < 4.78 is 0. The summed E-state index contributed by atoms with van der Waals surface area (Å²) >= 11 is 1.66. The van der Waals surface area contributed by atoms with Gasteiger partial charge in [-0.25, -0.2) is 0 Å².